The van der Waals surface area contributed by atoms with Crippen molar-refractivity contribution in [1.82, 2.24) is 0 Å². The van der Waals surface area contributed by atoms with Gasteiger partial charge in [0.15, 0.2) is 0 Å². The number of aromatic carboxylic acids is 1. The van der Waals surface area contributed by atoms with E-state index in [0.29, 0.717) is 16.6 Å². The number of anilines is 1. The van der Waals surface area contributed by atoms with E-state index in [1.807, 2.05) is 0 Å². The summed E-state index contributed by atoms with van der Waals surface area (Å²) < 4.78 is 0. The molecule has 1 aromatic carbocycles. The van der Waals surface area contributed by atoms with Gasteiger partial charge in [-0.15, -0.1) is 0 Å². The van der Waals surface area contributed by atoms with E-state index in [0.717, 1.165) is 6.54 Å². The number of carboxylic acids is 1. The molecule has 0 radical (unpaired) electrons. The minimum atomic E-state index is -0.946. The van der Waals surface area contributed by atoms with Crippen LogP contribution in [-0.2, 0) is 0 Å². The Balaban J connectivity index is 2.92. The minimum absolute atomic E-state index is 0.250. The van der Waals surface area contributed by atoms with Crippen LogP contribution >= 0.6 is 11.6 Å². The van der Waals surface area contributed by atoms with Crippen molar-refractivity contribution in [3.8, 4) is 0 Å². The molecule has 0 atom stereocenters. The maximum atomic E-state index is 10.9. The van der Waals surface area contributed by atoms with Crippen LogP contribution in [0.15, 0.2) is 18.2 Å². The van der Waals surface area contributed by atoms with Crippen molar-refractivity contribution in [1.29, 1.82) is 0 Å². The van der Waals surface area contributed by atoms with Gasteiger partial charge in [0.05, 0.1) is 11.3 Å². The summed E-state index contributed by atoms with van der Waals surface area (Å²) in [5.41, 5.74) is 0.823. The molecule has 0 aliphatic rings. The van der Waals surface area contributed by atoms with Gasteiger partial charge < -0.3 is 10.4 Å². The van der Waals surface area contributed by atoms with Crippen molar-refractivity contribution in [2.75, 3.05) is 11.9 Å². The predicted molar refractivity (Wildman–Crippen MR) is 61.7 cm³/mol. The van der Waals surface area contributed by atoms with Crippen LogP contribution in [0.4, 0.5) is 5.69 Å². The Bertz CT molecular complexity index is 364. The van der Waals surface area contributed by atoms with Crippen LogP contribution < -0.4 is 5.32 Å². The summed E-state index contributed by atoms with van der Waals surface area (Å²) in [6.45, 7) is 4.83. The zero-order valence-electron chi connectivity index (χ0n) is 8.75. The molecular weight excluding hydrogens is 214 g/mol. The first-order chi connectivity index (χ1) is 7.00. The average molecular weight is 228 g/mol. The molecule has 0 aliphatic heterocycles. The van der Waals surface area contributed by atoms with Crippen molar-refractivity contribution in [2.45, 2.75) is 13.8 Å². The highest BCUT2D eigenvalue weighted by Crippen LogP contribution is 2.21. The molecule has 4 heteroatoms. The number of hydrogen-bond acceptors (Lipinski definition) is 2. The Morgan fingerprint density at radius 1 is 1.53 bits per heavy atom. The van der Waals surface area contributed by atoms with Gasteiger partial charge in [0.2, 0.25) is 0 Å². The second-order valence-electron chi connectivity index (χ2n) is 3.77. The summed E-state index contributed by atoms with van der Waals surface area (Å²) >= 11 is 5.80. The zero-order chi connectivity index (χ0) is 11.4. The molecule has 0 bridgehead atoms. The molecule has 0 aliphatic carbocycles. The molecule has 1 aromatic rings. The molecule has 3 nitrogen and oxygen atoms in total. The van der Waals surface area contributed by atoms with Crippen LogP contribution in [0.5, 0.6) is 0 Å². The lowest BCUT2D eigenvalue weighted by Gasteiger charge is -2.11. The quantitative estimate of drug-likeness (QED) is 0.831. The van der Waals surface area contributed by atoms with Crippen LogP contribution in [0.3, 0.4) is 0 Å². The molecule has 15 heavy (non-hydrogen) atoms. The summed E-state index contributed by atoms with van der Waals surface area (Å²) in [5, 5.41) is 12.5. The molecule has 0 saturated heterocycles. The van der Waals surface area contributed by atoms with E-state index in [1.165, 1.54) is 6.07 Å². The Kier molecular flexibility index (Phi) is 3.97. The van der Waals surface area contributed by atoms with Gasteiger partial charge in [-0.3, -0.25) is 0 Å². The van der Waals surface area contributed by atoms with E-state index in [4.69, 9.17) is 16.7 Å². The number of halogens is 1. The first kappa shape index (κ1) is 11.9. The SMILES string of the molecule is CC(C)CNc1cc(Cl)ccc1C(=O)O. The van der Waals surface area contributed by atoms with Gasteiger partial charge in [-0.05, 0) is 24.1 Å². The highest BCUT2D eigenvalue weighted by atomic mass is 35.5. The monoisotopic (exact) mass is 227 g/mol. The molecule has 0 aromatic heterocycles. The van der Waals surface area contributed by atoms with Crippen molar-refractivity contribution in [3.05, 3.63) is 28.8 Å². The van der Waals surface area contributed by atoms with E-state index in [1.54, 1.807) is 12.1 Å². The van der Waals surface area contributed by atoms with E-state index in [-0.39, 0.29) is 5.56 Å². The molecule has 0 heterocycles. The molecule has 0 unspecified atom stereocenters. The summed E-state index contributed by atoms with van der Waals surface area (Å²) in [5.74, 6) is -0.497. The van der Waals surface area contributed by atoms with Gasteiger partial charge in [-0.1, -0.05) is 25.4 Å². The largest absolute Gasteiger partial charge is 0.478 e. The standard InChI is InChI=1S/C11H14ClNO2/c1-7(2)6-13-10-5-8(12)3-4-9(10)11(14)15/h3-5,7,13H,6H2,1-2H3,(H,14,15). The molecule has 2 N–H and O–H groups in total. The molecule has 1 rings (SSSR count). The Morgan fingerprint density at radius 3 is 2.73 bits per heavy atom. The maximum absolute atomic E-state index is 10.9. The van der Waals surface area contributed by atoms with Crippen LogP contribution in [0.2, 0.25) is 5.02 Å². The third kappa shape index (κ3) is 3.44. The minimum Gasteiger partial charge on any atom is -0.478 e. The zero-order valence-corrected chi connectivity index (χ0v) is 9.51. The van der Waals surface area contributed by atoms with Gasteiger partial charge in [0.1, 0.15) is 0 Å². The molecule has 0 saturated carbocycles. The van der Waals surface area contributed by atoms with Gasteiger partial charge >= 0.3 is 5.97 Å². The number of nitrogens with one attached hydrogen (secondary N) is 1. The van der Waals surface area contributed by atoms with Crippen LogP contribution in [0.1, 0.15) is 24.2 Å². The lowest BCUT2D eigenvalue weighted by Crippen LogP contribution is -2.11. The van der Waals surface area contributed by atoms with Gasteiger partial charge in [-0.25, -0.2) is 4.79 Å². The number of rotatable bonds is 4. The van der Waals surface area contributed by atoms with Gasteiger partial charge in [0.25, 0.3) is 0 Å². The molecule has 0 amide bonds. The molecule has 0 fully saturated rings. The van der Waals surface area contributed by atoms with E-state index < -0.39 is 5.97 Å². The Labute approximate surface area is 94.1 Å². The first-order valence-electron chi connectivity index (χ1n) is 4.77. The number of benzene rings is 1. The highest BCUT2D eigenvalue weighted by Gasteiger charge is 2.10. The van der Waals surface area contributed by atoms with Crippen LogP contribution in [-0.4, -0.2) is 17.6 Å². The number of hydrogen-bond donors (Lipinski definition) is 2. The highest BCUT2D eigenvalue weighted by molar-refractivity contribution is 6.31. The number of carboxylic acid groups (broad SMARTS) is 1. The Hall–Kier alpha value is -1.22. The topological polar surface area (TPSA) is 49.3 Å². The third-order valence-electron chi connectivity index (χ3n) is 1.91. The predicted octanol–water partition coefficient (Wildman–Crippen LogP) is 3.11. The molecular formula is C11H14ClNO2. The summed E-state index contributed by atoms with van der Waals surface area (Å²) in [4.78, 5) is 10.9. The number of carbonyl (C=O) groups is 1. The van der Waals surface area contributed by atoms with Crippen molar-refractivity contribution < 1.29 is 9.90 Å². The lowest BCUT2D eigenvalue weighted by molar-refractivity contribution is 0.0698. The average Bonchev–Trinajstić information content (AvgIpc) is 2.14. The van der Waals surface area contributed by atoms with Crippen LogP contribution in [0, 0.1) is 5.92 Å². The smallest absolute Gasteiger partial charge is 0.337 e. The fourth-order valence-electron chi connectivity index (χ4n) is 1.16. The second-order valence-corrected chi connectivity index (χ2v) is 4.21. The van der Waals surface area contributed by atoms with Gasteiger partial charge in [-0.2, -0.15) is 0 Å². The van der Waals surface area contributed by atoms with E-state index >= 15 is 0 Å². The van der Waals surface area contributed by atoms with Crippen molar-refractivity contribution in [2.24, 2.45) is 5.92 Å². The summed E-state index contributed by atoms with van der Waals surface area (Å²) in [6.07, 6.45) is 0. The molecule has 0 spiro atoms. The normalized spacial score (nSPS) is 10.4. The second kappa shape index (κ2) is 5.03. The first-order valence-corrected chi connectivity index (χ1v) is 5.15. The van der Waals surface area contributed by atoms with Gasteiger partial charge in [0, 0.05) is 11.6 Å². The summed E-state index contributed by atoms with van der Waals surface area (Å²) in [7, 11) is 0. The summed E-state index contributed by atoms with van der Waals surface area (Å²) in [6, 6.07) is 4.71. The van der Waals surface area contributed by atoms with Crippen LogP contribution in [0.25, 0.3) is 0 Å². The van der Waals surface area contributed by atoms with Crippen molar-refractivity contribution in [3.63, 3.8) is 0 Å². The third-order valence-corrected chi connectivity index (χ3v) is 2.15. The lowest BCUT2D eigenvalue weighted by atomic mass is 10.1. The fourth-order valence-corrected chi connectivity index (χ4v) is 1.34. The maximum Gasteiger partial charge on any atom is 0.337 e. The fraction of sp³-hybridized carbons (Fsp3) is 0.364. The van der Waals surface area contributed by atoms with E-state index in [9.17, 15) is 4.79 Å². The van der Waals surface area contributed by atoms with E-state index in [2.05, 4.69) is 19.2 Å². The molecule has 82 valence electrons. The van der Waals surface area contributed by atoms with Crippen molar-refractivity contribution >= 4 is 23.3 Å². The Morgan fingerprint density at radius 2 is 2.20 bits per heavy atom.